The Hall–Kier alpha value is -2.22. The first-order valence-corrected chi connectivity index (χ1v) is 7.11. The highest BCUT2D eigenvalue weighted by molar-refractivity contribution is 6.30. The largest absolute Gasteiger partial charge is 0.410 e. The Morgan fingerprint density at radius 1 is 1.35 bits per heavy atom. The summed E-state index contributed by atoms with van der Waals surface area (Å²) in [4.78, 5) is 11.2. The highest BCUT2D eigenvalue weighted by Gasteiger charge is 2.46. The number of benzene rings is 1. The predicted molar refractivity (Wildman–Crippen MR) is 78.3 cm³/mol. The lowest BCUT2D eigenvalue weighted by Crippen LogP contribution is -2.35. The van der Waals surface area contributed by atoms with Gasteiger partial charge in [0.1, 0.15) is 5.82 Å². The number of nitrogens with zero attached hydrogens (tertiary/aromatic N) is 2. The van der Waals surface area contributed by atoms with Crippen molar-refractivity contribution < 1.29 is 18.0 Å². The van der Waals surface area contributed by atoms with Crippen molar-refractivity contribution >= 4 is 23.3 Å². The number of anilines is 1. The quantitative estimate of drug-likeness (QED) is 0.878. The smallest absolute Gasteiger partial charge is 0.364 e. The van der Waals surface area contributed by atoms with Crippen molar-refractivity contribution in [1.82, 2.24) is 9.78 Å². The molecule has 3 N–H and O–H groups in total. The zero-order valence-electron chi connectivity index (χ0n) is 11.6. The Kier molecular flexibility index (Phi) is 3.71. The van der Waals surface area contributed by atoms with E-state index in [1.807, 2.05) is 0 Å². The molecule has 2 heterocycles. The minimum absolute atomic E-state index is 0.104. The third-order valence-corrected chi connectivity index (χ3v) is 3.97. The minimum atomic E-state index is -4.50. The number of fused-ring (bicyclic) bond motifs is 1. The van der Waals surface area contributed by atoms with Crippen LogP contribution in [0.2, 0.25) is 5.02 Å². The van der Waals surface area contributed by atoms with Gasteiger partial charge in [0.05, 0.1) is 6.04 Å². The number of nitrogens with two attached hydrogens (primary N) is 1. The van der Waals surface area contributed by atoms with Crippen molar-refractivity contribution in [3.8, 4) is 0 Å². The molecule has 1 aliphatic heterocycles. The first kappa shape index (κ1) is 15.7. The van der Waals surface area contributed by atoms with E-state index in [0.717, 1.165) is 4.68 Å². The van der Waals surface area contributed by atoms with Crippen LogP contribution in [0.4, 0.5) is 19.0 Å². The van der Waals surface area contributed by atoms with Crippen LogP contribution in [-0.2, 0) is 0 Å². The van der Waals surface area contributed by atoms with Crippen molar-refractivity contribution in [3.63, 3.8) is 0 Å². The van der Waals surface area contributed by atoms with Crippen molar-refractivity contribution in [2.75, 3.05) is 5.32 Å². The fourth-order valence-electron chi connectivity index (χ4n) is 2.61. The van der Waals surface area contributed by atoms with E-state index >= 15 is 0 Å². The number of hydrogen-bond acceptors (Lipinski definition) is 3. The fourth-order valence-corrected chi connectivity index (χ4v) is 2.73. The fraction of sp³-hybridized carbons (Fsp3) is 0.286. The molecule has 9 heteroatoms. The highest BCUT2D eigenvalue weighted by Crippen LogP contribution is 2.43. The van der Waals surface area contributed by atoms with Crippen LogP contribution in [0, 0.1) is 0 Å². The first-order valence-electron chi connectivity index (χ1n) is 6.74. The zero-order chi connectivity index (χ0) is 16.8. The molecule has 1 amide bonds. The molecular formula is C14H12ClF3N4O. The van der Waals surface area contributed by atoms with Gasteiger partial charge < -0.3 is 11.1 Å². The SMILES string of the molecule is NC(=O)c1cc2n(n1)[C@H](C(F)(F)F)C[C@H](c1ccc(Cl)cc1)N2. The summed E-state index contributed by atoms with van der Waals surface area (Å²) in [7, 11) is 0. The average Bonchev–Trinajstić information content (AvgIpc) is 2.90. The number of amides is 1. The van der Waals surface area contributed by atoms with E-state index < -0.39 is 24.2 Å². The lowest BCUT2D eigenvalue weighted by molar-refractivity contribution is -0.173. The van der Waals surface area contributed by atoms with Gasteiger partial charge in [-0.3, -0.25) is 4.79 Å². The third kappa shape index (κ3) is 2.98. The van der Waals surface area contributed by atoms with Gasteiger partial charge in [0, 0.05) is 17.5 Å². The lowest BCUT2D eigenvalue weighted by Gasteiger charge is -2.33. The number of carbonyl (C=O) groups excluding carboxylic acids is 1. The van der Waals surface area contributed by atoms with Gasteiger partial charge in [-0.05, 0) is 17.7 Å². The van der Waals surface area contributed by atoms with Crippen molar-refractivity contribution in [2.45, 2.75) is 24.7 Å². The molecule has 2 aromatic rings. The lowest BCUT2D eigenvalue weighted by atomic mass is 9.97. The molecule has 0 saturated heterocycles. The van der Waals surface area contributed by atoms with Gasteiger partial charge in [-0.1, -0.05) is 23.7 Å². The summed E-state index contributed by atoms with van der Waals surface area (Å²) >= 11 is 5.81. The Morgan fingerprint density at radius 2 is 2.00 bits per heavy atom. The Labute approximate surface area is 134 Å². The molecule has 5 nitrogen and oxygen atoms in total. The molecule has 0 spiro atoms. The summed E-state index contributed by atoms with van der Waals surface area (Å²) in [5.74, 6) is -0.773. The van der Waals surface area contributed by atoms with Crippen LogP contribution in [0.15, 0.2) is 30.3 Å². The van der Waals surface area contributed by atoms with Gasteiger partial charge in [-0.2, -0.15) is 18.3 Å². The van der Waals surface area contributed by atoms with Crippen LogP contribution < -0.4 is 11.1 Å². The molecule has 2 atom stereocenters. The number of primary amides is 1. The van der Waals surface area contributed by atoms with Crippen LogP contribution >= 0.6 is 11.6 Å². The third-order valence-electron chi connectivity index (χ3n) is 3.71. The number of alkyl halides is 3. The van der Waals surface area contributed by atoms with E-state index in [4.69, 9.17) is 17.3 Å². The van der Waals surface area contributed by atoms with Crippen molar-refractivity contribution in [3.05, 3.63) is 46.6 Å². The van der Waals surface area contributed by atoms with E-state index in [2.05, 4.69) is 10.4 Å². The number of nitrogens with one attached hydrogen (secondary N) is 1. The molecule has 1 aromatic carbocycles. The summed E-state index contributed by atoms with van der Waals surface area (Å²) < 4.78 is 40.8. The summed E-state index contributed by atoms with van der Waals surface area (Å²) in [6.07, 6.45) is -4.75. The summed E-state index contributed by atoms with van der Waals surface area (Å²) in [6, 6.07) is 5.35. The van der Waals surface area contributed by atoms with E-state index in [1.54, 1.807) is 24.3 Å². The van der Waals surface area contributed by atoms with Crippen LogP contribution in [0.25, 0.3) is 0 Å². The highest BCUT2D eigenvalue weighted by atomic mass is 35.5. The molecule has 0 radical (unpaired) electrons. The molecule has 3 rings (SSSR count). The van der Waals surface area contributed by atoms with Crippen LogP contribution in [0.1, 0.15) is 34.6 Å². The summed E-state index contributed by atoms with van der Waals surface area (Å²) in [5, 5.41) is 7.14. The summed E-state index contributed by atoms with van der Waals surface area (Å²) in [6.45, 7) is 0. The molecule has 122 valence electrons. The molecule has 0 aliphatic carbocycles. The molecule has 0 saturated carbocycles. The molecule has 0 bridgehead atoms. The van der Waals surface area contributed by atoms with E-state index in [-0.39, 0.29) is 17.9 Å². The Bertz CT molecular complexity index is 741. The number of aromatic nitrogens is 2. The van der Waals surface area contributed by atoms with E-state index in [0.29, 0.717) is 10.6 Å². The first-order chi connectivity index (χ1) is 10.8. The maximum Gasteiger partial charge on any atom is 0.410 e. The van der Waals surface area contributed by atoms with E-state index in [9.17, 15) is 18.0 Å². The predicted octanol–water partition coefficient (Wildman–Crippen LogP) is 3.30. The second-order valence-electron chi connectivity index (χ2n) is 5.27. The number of hydrogen-bond donors (Lipinski definition) is 2. The van der Waals surface area contributed by atoms with Gasteiger partial charge in [-0.15, -0.1) is 0 Å². The normalized spacial score (nSPS) is 20.7. The topological polar surface area (TPSA) is 72.9 Å². The van der Waals surface area contributed by atoms with Crippen LogP contribution in [0.5, 0.6) is 0 Å². The standard InChI is InChI=1S/C14H12ClF3N4O/c15-8-3-1-7(2-4-8)9-5-11(14(16,17)18)22-12(20-9)6-10(21-22)13(19)23/h1-4,6,9,11,20H,5H2,(H2,19,23)/t9-,11+/m1/s1. The van der Waals surface area contributed by atoms with Gasteiger partial charge in [-0.25, -0.2) is 4.68 Å². The molecule has 23 heavy (non-hydrogen) atoms. The van der Waals surface area contributed by atoms with Crippen molar-refractivity contribution in [1.29, 1.82) is 0 Å². The maximum absolute atomic E-state index is 13.4. The number of halogens is 4. The zero-order valence-corrected chi connectivity index (χ0v) is 12.4. The Morgan fingerprint density at radius 3 is 2.57 bits per heavy atom. The van der Waals surface area contributed by atoms with Gasteiger partial charge in [0.15, 0.2) is 11.7 Å². The number of carbonyl (C=O) groups is 1. The van der Waals surface area contributed by atoms with Gasteiger partial charge in [0.2, 0.25) is 0 Å². The maximum atomic E-state index is 13.4. The number of rotatable bonds is 2. The van der Waals surface area contributed by atoms with E-state index in [1.165, 1.54) is 6.07 Å². The molecule has 1 aliphatic rings. The van der Waals surface area contributed by atoms with Crippen LogP contribution in [0.3, 0.4) is 0 Å². The van der Waals surface area contributed by atoms with Gasteiger partial charge in [0.25, 0.3) is 5.91 Å². The Balaban J connectivity index is 2.01. The molecule has 0 fully saturated rings. The monoisotopic (exact) mass is 344 g/mol. The second-order valence-corrected chi connectivity index (χ2v) is 5.70. The van der Waals surface area contributed by atoms with Crippen molar-refractivity contribution in [2.24, 2.45) is 5.73 Å². The summed E-state index contributed by atoms with van der Waals surface area (Å²) in [5.41, 5.74) is 5.56. The second kappa shape index (κ2) is 5.45. The minimum Gasteiger partial charge on any atom is -0.364 e. The molecule has 1 aromatic heterocycles. The average molecular weight is 345 g/mol. The molecular weight excluding hydrogens is 333 g/mol. The van der Waals surface area contributed by atoms with Crippen LogP contribution in [-0.4, -0.2) is 21.9 Å². The van der Waals surface area contributed by atoms with Gasteiger partial charge >= 0.3 is 6.18 Å². The molecule has 0 unspecified atom stereocenters.